The number of anilines is 1. The van der Waals surface area contributed by atoms with Crippen LogP contribution in [-0.4, -0.2) is 18.1 Å². The first kappa shape index (κ1) is 14.3. The lowest BCUT2D eigenvalue weighted by Gasteiger charge is -2.11. The minimum atomic E-state index is -0.301. The highest BCUT2D eigenvalue weighted by Gasteiger charge is 2.07. The molecular weight excluding hydrogens is 322 g/mol. The average Bonchev–Trinajstić information content (AvgIpc) is 2.46. The number of pyridine rings is 1. The molecule has 0 atom stereocenters. The number of nitrogens with one attached hydrogen (secondary N) is 2. The van der Waals surface area contributed by atoms with Crippen LogP contribution in [0.1, 0.15) is 5.56 Å². The molecule has 0 bridgehead atoms. The number of urea groups is 1. The second kappa shape index (κ2) is 6.91. The number of hydrogen-bond donors (Lipinski definition) is 2. The van der Waals surface area contributed by atoms with Gasteiger partial charge in [-0.25, -0.2) is 4.79 Å². The van der Waals surface area contributed by atoms with Crippen LogP contribution >= 0.6 is 15.9 Å². The molecule has 1 aromatic heterocycles. The van der Waals surface area contributed by atoms with Gasteiger partial charge < -0.3 is 15.4 Å². The third kappa shape index (κ3) is 3.96. The molecule has 0 fully saturated rings. The van der Waals surface area contributed by atoms with Crippen LogP contribution < -0.4 is 15.4 Å². The summed E-state index contributed by atoms with van der Waals surface area (Å²) in [5.41, 5.74) is 1.54. The highest BCUT2D eigenvalue weighted by Crippen LogP contribution is 2.27. The quantitative estimate of drug-likeness (QED) is 0.901. The molecule has 2 rings (SSSR count). The van der Waals surface area contributed by atoms with Crippen molar-refractivity contribution in [1.82, 2.24) is 10.3 Å². The third-order valence-corrected chi connectivity index (χ3v) is 3.08. The molecule has 0 aliphatic heterocycles. The van der Waals surface area contributed by atoms with E-state index in [9.17, 15) is 4.79 Å². The lowest BCUT2D eigenvalue weighted by Crippen LogP contribution is -2.28. The van der Waals surface area contributed by atoms with Crippen LogP contribution in [0.15, 0.2) is 47.2 Å². The first-order valence-corrected chi connectivity index (χ1v) is 6.75. The number of halogens is 1. The van der Waals surface area contributed by atoms with Crippen molar-refractivity contribution >= 4 is 27.6 Å². The summed E-state index contributed by atoms with van der Waals surface area (Å²) in [6, 6.07) is 8.82. The number of methoxy groups -OCH3 is 1. The first-order valence-electron chi connectivity index (χ1n) is 5.96. The molecule has 104 valence electrons. The summed E-state index contributed by atoms with van der Waals surface area (Å²) in [6.07, 6.45) is 3.40. The van der Waals surface area contributed by atoms with Crippen LogP contribution in [0.5, 0.6) is 5.75 Å². The maximum atomic E-state index is 11.9. The first-order chi connectivity index (χ1) is 9.69. The van der Waals surface area contributed by atoms with Crippen LogP contribution in [0.3, 0.4) is 0 Å². The predicted molar refractivity (Wildman–Crippen MR) is 80.8 cm³/mol. The average molecular weight is 336 g/mol. The fourth-order valence-corrected chi connectivity index (χ4v) is 1.99. The van der Waals surface area contributed by atoms with E-state index in [1.54, 1.807) is 31.6 Å². The zero-order chi connectivity index (χ0) is 14.4. The van der Waals surface area contributed by atoms with E-state index in [1.165, 1.54) is 0 Å². The van der Waals surface area contributed by atoms with E-state index in [2.05, 4.69) is 31.5 Å². The number of carbonyl (C=O) groups is 1. The lowest BCUT2D eigenvalue weighted by atomic mass is 10.3. The van der Waals surface area contributed by atoms with Gasteiger partial charge in [0.2, 0.25) is 0 Å². The molecule has 2 amide bonds. The Morgan fingerprint density at radius 3 is 2.95 bits per heavy atom. The van der Waals surface area contributed by atoms with E-state index < -0.39 is 0 Å². The zero-order valence-corrected chi connectivity index (χ0v) is 12.5. The Kier molecular flexibility index (Phi) is 4.95. The standard InChI is InChI=1S/C14H14BrN3O2/c1-20-13-5-4-11(15)7-12(13)18-14(19)17-9-10-3-2-6-16-8-10/h2-8H,9H2,1H3,(H2,17,18,19). The zero-order valence-electron chi connectivity index (χ0n) is 10.9. The number of rotatable bonds is 4. The highest BCUT2D eigenvalue weighted by molar-refractivity contribution is 9.10. The van der Waals surface area contributed by atoms with Crippen LogP contribution in [0.4, 0.5) is 10.5 Å². The van der Waals surface area contributed by atoms with Gasteiger partial charge in [0.1, 0.15) is 5.75 Å². The molecule has 0 radical (unpaired) electrons. The Morgan fingerprint density at radius 1 is 1.40 bits per heavy atom. The fourth-order valence-electron chi connectivity index (χ4n) is 1.63. The van der Waals surface area contributed by atoms with Gasteiger partial charge in [0.15, 0.2) is 0 Å². The topological polar surface area (TPSA) is 63.2 Å². The van der Waals surface area contributed by atoms with Gasteiger partial charge in [-0.05, 0) is 29.8 Å². The molecule has 2 aromatic rings. The molecule has 20 heavy (non-hydrogen) atoms. The van der Waals surface area contributed by atoms with Gasteiger partial charge >= 0.3 is 6.03 Å². The number of ether oxygens (including phenoxy) is 1. The summed E-state index contributed by atoms with van der Waals surface area (Å²) in [7, 11) is 1.56. The Morgan fingerprint density at radius 2 is 2.25 bits per heavy atom. The Bertz CT molecular complexity index is 590. The third-order valence-electron chi connectivity index (χ3n) is 2.59. The van der Waals surface area contributed by atoms with Crippen molar-refractivity contribution < 1.29 is 9.53 Å². The van der Waals surface area contributed by atoms with Crippen molar-refractivity contribution in [2.24, 2.45) is 0 Å². The van der Waals surface area contributed by atoms with E-state index in [1.807, 2.05) is 18.2 Å². The molecule has 1 heterocycles. The molecule has 0 aliphatic rings. The monoisotopic (exact) mass is 335 g/mol. The van der Waals surface area contributed by atoms with Crippen LogP contribution in [-0.2, 0) is 6.54 Å². The molecule has 1 aromatic carbocycles. The van der Waals surface area contributed by atoms with Crippen molar-refractivity contribution in [3.63, 3.8) is 0 Å². The van der Waals surface area contributed by atoms with E-state index in [-0.39, 0.29) is 6.03 Å². The fraction of sp³-hybridized carbons (Fsp3) is 0.143. The molecule has 0 aliphatic carbocycles. The van der Waals surface area contributed by atoms with Gasteiger partial charge in [-0.2, -0.15) is 0 Å². The lowest BCUT2D eigenvalue weighted by molar-refractivity contribution is 0.251. The maximum Gasteiger partial charge on any atom is 0.319 e. The van der Waals surface area contributed by atoms with E-state index in [4.69, 9.17) is 4.74 Å². The van der Waals surface area contributed by atoms with E-state index >= 15 is 0 Å². The molecule has 0 saturated carbocycles. The molecule has 5 nitrogen and oxygen atoms in total. The summed E-state index contributed by atoms with van der Waals surface area (Å²) in [6.45, 7) is 0.413. The molecule has 0 saturated heterocycles. The summed E-state index contributed by atoms with van der Waals surface area (Å²) in [5, 5.41) is 5.50. The molecular formula is C14H14BrN3O2. The summed E-state index contributed by atoms with van der Waals surface area (Å²) in [5.74, 6) is 0.602. The van der Waals surface area contributed by atoms with Gasteiger partial charge in [0.25, 0.3) is 0 Å². The Balaban J connectivity index is 1.96. The van der Waals surface area contributed by atoms with Crippen LogP contribution in [0.25, 0.3) is 0 Å². The SMILES string of the molecule is COc1ccc(Br)cc1NC(=O)NCc1cccnc1. The number of aromatic nitrogens is 1. The molecule has 0 unspecified atom stereocenters. The van der Waals surface area contributed by atoms with E-state index in [0.29, 0.717) is 18.0 Å². The van der Waals surface area contributed by atoms with Crippen LogP contribution in [0.2, 0.25) is 0 Å². The van der Waals surface area contributed by atoms with Gasteiger partial charge in [0, 0.05) is 23.4 Å². The Hall–Kier alpha value is -2.08. The summed E-state index contributed by atoms with van der Waals surface area (Å²) >= 11 is 3.36. The smallest absolute Gasteiger partial charge is 0.319 e. The molecule has 0 spiro atoms. The second-order valence-corrected chi connectivity index (χ2v) is 4.93. The van der Waals surface area contributed by atoms with Crippen LogP contribution in [0, 0.1) is 0 Å². The van der Waals surface area contributed by atoms with Gasteiger partial charge in [-0.3, -0.25) is 4.98 Å². The van der Waals surface area contributed by atoms with Crippen molar-refractivity contribution in [3.8, 4) is 5.75 Å². The number of nitrogens with zero attached hydrogens (tertiary/aromatic N) is 1. The maximum absolute atomic E-state index is 11.9. The largest absolute Gasteiger partial charge is 0.495 e. The van der Waals surface area contributed by atoms with Gasteiger partial charge in [-0.1, -0.05) is 22.0 Å². The van der Waals surface area contributed by atoms with Gasteiger partial charge in [-0.15, -0.1) is 0 Å². The molecule has 2 N–H and O–H groups in total. The highest BCUT2D eigenvalue weighted by atomic mass is 79.9. The number of carbonyl (C=O) groups excluding carboxylic acids is 1. The van der Waals surface area contributed by atoms with Crippen molar-refractivity contribution in [1.29, 1.82) is 0 Å². The number of hydrogen-bond acceptors (Lipinski definition) is 3. The van der Waals surface area contributed by atoms with Crippen molar-refractivity contribution in [3.05, 3.63) is 52.8 Å². The minimum Gasteiger partial charge on any atom is -0.495 e. The minimum absolute atomic E-state index is 0.301. The van der Waals surface area contributed by atoms with Gasteiger partial charge in [0.05, 0.1) is 12.8 Å². The number of benzene rings is 1. The van der Waals surface area contributed by atoms with Crippen molar-refractivity contribution in [2.75, 3.05) is 12.4 Å². The Labute approximate surface area is 125 Å². The van der Waals surface area contributed by atoms with Crippen molar-refractivity contribution in [2.45, 2.75) is 6.54 Å². The van der Waals surface area contributed by atoms with E-state index in [0.717, 1.165) is 10.0 Å². The summed E-state index contributed by atoms with van der Waals surface area (Å²) < 4.78 is 6.05. The summed E-state index contributed by atoms with van der Waals surface area (Å²) in [4.78, 5) is 15.8. The molecule has 6 heteroatoms. The second-order valence-electron chi connectivity index (χ2n) is 4.01. The normalized spacial score (nSPS) is 9.90. The number of amides is 2. The predicted octanol–water partition coefficient (Wildman–Crippen LogP) is 3.17.